The van der Waals surface area contributed by atoms with Crippen molar-refractivity contribution in [3.8, 4) is 5.75 Å². The van der Waals surface area contributed by atoms with Gasteiger partial charge in [-0.15, -0.1) is 6.58 Å². The van der Waals surface area contributed by atoms with Gasteiger partial charge in [-0.05, 0) is 52.3 Å². The number of phenols is 1. The first-order chi connectivity index (χ1) is 13.4. The zero-order chi connectivity index (χ0) is 22.2. The molecule has 160 valence electrons. The normalized spacial score (nSPS) is 12.1. The lowest BCUT2D eigenvalue weighted by molar-refractivity contribution is -0.139. The number of amides is 3. The van der Waals surface area contributed by atoms with Crippen LogP contribution in [0.5, 0.6) is 5.75 Å². The minimum absolute atomic E-state index is 0.0463. The molecule has 1 aromatic rings. The van der Waals surface area contributed by atoms with Crippen molar-refractivity contribution in [1.82, 2.24) is 15.5 Å². The summed E-state index contributed by atoms with van der Waals surface area (Å²) < 4.78 is 5.14. The fourth-order valence-corrected chi connectivity index (χ4v) is 2.55. The average molecular weight is 405 g/mol. The van der Waals surface area contributed by atoms with Crippen molar-refractivity contribution in [3.05, 3.63) is 42.5 Å². The van der Waals surface area contributed by atoms with E-state index in [0.717, 1.165) is 0 Å². The third kappa shape index (κ3) is 8.25. The van der Waals surface area contributed by atoms with Crippen LogP contribution in [0, 0.1) is 0 Å². The van der Waals surface area contributed by atoms with Gasteiger partial charge in [0.2, 0.25) is 11.8 Å². The van der Waals surface area contributed by atoms with Gasteiger partial charge >= 0.3 is 6.09 Å². The number of hydrogen-bond donors (Lipinski definition) is 3. The molecule has 0 saturated carbocycles. The lowest BCUT2D eigenvalue weighted by Crippen LogP contribution is -2.48. The van der Waals surface area contributed by atoms with Crippen molar-refractivity contribution < 1.29 is 24.2 Å². The van der Waals surface area contributed by atoms with Crippen LogP contribution in [0.4, 0.5) is 4.79 Å². The second kappa shape index (κ2) is 10.5. The van der Waals surface area contributed by atoms with Gasteiger partial charge in [0.25, 0.3) is 0 Å². The Kier molecular flexibility index (Phi) is 8.69. The highest BCUT2D eigenvalue weighted by atomic mass is 16.6. The predicted octanol–water partition coefficient (Wildman–Crippen LogP) is 2.50. The molecule has 1 rings (SSSR count). The molecule has 0 aromatic heterocycles. The second-order valence-electron chi connectivity index (χ2n) is 7.85. The van der Waals surface area contributed by atoms with E-state index in [1.165, 1.54) is 23.1 Å². The summed E-state index contributed by atoms with van der Waals surface area (Å²) in [6.45, 7) is 12.2. The maximum atomic E-state index is 12.9. The molecule has 29 heavy (non-hydrogen) atoms. The summed E-state index contributed by atoms with van der Waals surface area (Å²) in [5.41, 5.74) is -0.173. The van der Waals surface area contributed by atoms with Gasteiger partial charge in [0.05, 0.1) is 0 Å². The molecule has 0 radical (unpaired) electrons. The SMILES string of the molecule is C=CCN(C(=O)CNC(=O)OC(C)(C)C)C(C(=O)NC(C)C)c1ccc(O)cc1. The first-order valence-corrected chi connectivity index (χ1v) is 9.41. The number of aromatic hydroxyl groups is 1. The monoisotopic (exact) mass is 405 g/mol. The van der Waals surface area contributed by atoms with E-state index in [1.54, 1.807) is 32.9 Å². The molecule has 1 unspecified atom stereocenters. The van der Waals surface area contributed by atoms with E-state index in [0.29, 0.717) is 5.56 Å². The number of carbonyl (C=O) groups excluding carboxylic acids is 3. The summed E-state index contributed by atoms with van der Waals surface area (Å²) >= 11 is 0. The van der Waals surface area contributed by atoms with E-state index in [9.17, 15) is 19.5 Å². The smallest absolute Gasteiger partial charge is 0.408 e. The second-order valence-corrected chi connectivity index (χ2v) is 7.85. The van der Waals surface area contributed by atoms with E-state index < -0.39 is 23.6 Å². The Morgan fingerprint density at radius 1 is 1.21 bits per heavy atom. The van der Waals surface area contributed by atoms with Crippen LogP contribution >= 0.6 is 0 Å². The third-order valence-corrected chi connectivity index (χ3v) is 3.63. The summed E-state index contributed by atoms with van der Waals surface area (Å²) in [5, 5.41) is 14.8. The Labute approximate surface area is 171 Å². The molecule has 0 saturated heterocycles. The maximum Gasteiger partial charge on any atom is 0.408 e. The number of carbonyl (C=O) groups is 3. The minimum Gasteiger partial charge on any atom is -0.508 e. The van der Waals surface area contributed by atoms with Crippen LogP contribution in [0.3, 0.4) is 0 Å². The van der Waals surface area contributed by atoms with Crippen molar-refractivity contribution in [3.63, 3.8) is 0 Å². The number of hydrogen-bond acceptors (Lipinski definition) is 5. The largest absolute Gasteiger partial charge is 0.508 e. The van der Waals surface area contributed by atoms with E-state index in [-0.39, 0.29) is 30.8 Å². The third-order valence-electron chi connectivity index (χ3n) is 3.63. The van der Waals surface area contributed by atoms with Gasteiger partial charge in [-0.1, -0.05) is 18.2 Å². The molecule has 0 fully saturated rings. The molecule has 1 aromatic carbocycles. The zero-order valence-electron chi connectivity index (χ0n) is 17.7. The summed E-state index contributed by atoms with van der Waals surface area (Å²) in [6, 6.07) is 4.95. The molecule has 0 bridgehead atoms. The van der Waals surface area contributed by atoms with Crippen LogP contribution in [0.15, 0.2) is 36.9 Å². The van der Waals surface area contributed by atoms with Crippen LogP contribution in [-0.4, -0.2) is 52.6 Å². The number of nitrogens with one attached hydrogen (secondary N) is 2. The molecule has 3 N–H and O–H groups in total. The quantitative estimate of drug-likeness (QED) is 0.576. The minimum atomic E-state index is -0.955. The molecule has 0 heterocycles. The Hall–Kier alpha value is -3.03. The van der Waals surface area contributed by atoms with E-state index >= 15 is 0 Å². The van der Waals surface area contributed by atoms with Crippen LogP contribution in [0.2, 0.25) is 0 Å². The van der Waals surface area contributed by atoms with Crippen LogP contribution in [-0.2, 0) is 14.3 Å². The highest BCUT2D eigenvalue weighted by molar-refractivity contribution is 5.90. The molecule has 0 spiro atoms. The van der Waals surface area contributed by atoms with Gasteiger partial charge in [0, 0.05) is 12.6 Å². The van der Waals surface area contributed by atoms with Crippen LogP contribution < -0.4 is 10.6 Å². The number of alkyl carbamates (subject to hydrolysis) is 1. The van der Waals surface area contributed by atoms with E-state index in [4.69, 9.17) is 4.74 Å². The predicted molar refractivity (Wildman–Crippen MR) is 110 cm³/mol. The van der Waals surface area contributed by atoms with Crippen LogP contribution in [0.25, 0.3) is 0 Å². The van der Waals surface area contributed by atoms with Crippen molar-refractivity contribution in [2.75, 3.05) is 13.1 Å². The van der Waals surface area contributed by atoms with Gasteiger partial charge < -0.3 is 25.4 Å². The highest BCUT2D eigenvalue weighted by Gasteiger charge is 2.31. The number of rotatable bonds is 8. The van der Waals surface area contributed by atoms with E-state index in [2.05, 4.69) is 17.2 Å². The van der Waals surface area contributed by atoms with Crippen molar-refractivity contribution in [2.45, 2.75) is 52.3 Å². The van der Waals surface area contributed by atoms with E-state index in [1.807, 2.05) is 13.8 Å². The standard InChI is InChI=1S/C21H31N3O5/c1-7-12-24(17(26)13-22-20(28)29-21(4,5)6)18(19(27)23-14(2)3)15-8-10-16(25)11-9-15/h7-11,14,18,25H,1,12-13H2,2-6H3,(H,22,28)(H,23,27). The summed E-state index contributed by atoms with van der Waals surface area (Å²) in [4.78, 5) is 38.9. The summed E-state index contributed by atoms with van der Waals surface area (Å²) in [7, 11) is 0. The molecule has 8 nitrogen and oxygen atoms in total. The first-order valence-electron chi connectivity index (χ1n) is 9.41. The fraction of sp³-hybridized carbons (Fsp3) is 0.476. The molecule has 8 heteroatoms. The highest BCUT2D eigenvalue weighted by Crippen LogP contribution is 2.24. The lowest BCUT2D eigenvalue weighted by atomic mass is 10.0. The number of phenolic OH excluding ortho intramolecular Hbond substituents is 1. The number of benzene rings is 1. The molecule has 1 atom stereocenters. The topological polar surface area (TPSA) is 108 Å². The fourth-order valence-electron chi connectivity index (χ4n) is 2.55. The first kappa shape index (κ1) is 24.0. The van der Waals surface area contributed by atoms with Gasteiger partial charge in [-0.3, -0.25) is 9.59 Å². The Bertz CT molecular complexity index is 723. The molecule has 3 amide bonds. The van der Waals surface area contributed by atoms with Gasteiger partial charge in [0.1, 0.15) is 23.9 Å². The Morgan fingerprint density at radius 3 is 2.28 bits per heavy atom. The molecule has 0 aliphatic carbocycles. The van der Waals surface area contributed by atoms with Gasteiger partial charge in [0.15, 0.2) is 0 Å². The Balaban J connectivity index is 3.09. The average Bonchev–Trinajstić information content (AvgIpc) is 2.58. The molecule has 0 aliphatic heterocycles. The Morgan fingerprint density at radius 2 is 1.79 bits per heavy atom. The lowest BCUT2D eigenvalue weighted by Gasteiger charge is -2.31. The molecule has 0 aliphatic rings. The zero-order valence-corrected chi connectivity index (χ0v) is 17.7. The summed E-state index contributed by atoms with van der Waals surface area (Å²) in [5.74, 6) is -0.809. The number of nitrogens with zero attached hydrogens (tertiary/aromatic N) is 1. The summed E-state index contributed by atoms with van der Waals surface area (Å²) in [6.07, 6.45) is 0.777. The van der Waals surface area contributed by atoms with Crippen molar-refractivity contribution in [1.29, 1.82) is 0 Å². The molecular weight excluding hydrogens is 374 g/mol. The maximum absolute atomic E-state index is 12.9. The van der Waals surface area contributed by atoms with Crippen LogP contribution in [0.1, 0.15) is 46.2 Å². The van der Waals surface area contributed by atoms with Crippen molar-refractivity contribution in [2.24, 2.45) is 0 Å². The van der Waals surface area contributed by atoms with Gasteiger partial charge in [-0.2, -0.15) is 0 Å². The molecular formula is C21H31N3O5. The van der Waals surface area contributed by atoms with Gasteiger partial charge in [-0.25, -0.2) is 4.79 Å². The number of ether oxygens (including phenoxy) is 1. The van der Waals surface area contributed by atoms with Crippen molar-refractivity contribution >= 4 is 17.9 Å².